The molecular weight excluding hydrogens is 312 g/mol. The lowest BCUT2D eigenvalue weighted by atomic mass is 10.1. The largest absolute Gasteiger partial charge is 0.353 e. The molecule has 1 amide bonds. The topological polar surface area (TPSA) is 70.7 Å². The Balaban J connectivity index is 1.50. The van der Waals surface area contributed by atoms with Gasteiger partial charge in [0.15, 0.2) is 0 Å². The van der Waals surface area contributed by atoms with E-state index in [1.807, 2.05) is 37.4 Å². The van der Waals surface area contributed by atoms with Gasteiger partial charge in [-0.2, -0.15) is 0 Å². The number of nitrogens with one attached hydrogen (secondary N) is 2. The number of hydrogen-bond donors (Lipinski definition) is 2. The van der Waals surface area contributed by atoms with Crippen LogP contribution in [0.2, 0.25) is 0 Å². The summed E-state index contributed by atoms with van der Waals surface area (Å²) in [6, 6.07) is 14.0. The molecule has 25 heavy (non-hydrogen) atoms. The second kappa shape index (κ2) is 6.36. The van der Waals surface area contributed by atoms with Crippen LogP contribution < -0.4 is 5.32 Å². The predicted molar refractivity (Wildman–Crippen MR) is 99.5 cm³/mol. The van der Waals surface area contributed by atoms with Gasteiger partial charge in [-0.3, -0.25) is 9.78 Å². The van der Waals surface area contributed by atoms with Crippen LogP contribution in [-0.4, -0.2) is 20.9 Å². The van der Waals surface area contributed by atoms with Crippen molar-refractivity contribution in [1.29, 1.82) is 0 Å². The molecule has 124 valence electrons. The monoisotopic (exact) mass is 330 g/mol. The molecule has 0 aliphatic rings. The Bertz CT molecular complexity index is 1070. The first-order valence-electron chi connectivity index (χ1n) is 8.27. The number of pyridine rings is 2. The minimum atomic E-state index is -0.0531. The van der Waals surface area contributed by atoms with E-state index >= 15 is 0 Å². The lowest BCUT2D eigenvalue weighted by Gasteiger charge is -2.06. The van der Waals surface area contributed by atoms with Crippen molar-refractivity contribution < 1.29 is 4.79 Å². The van der Waals surface area contributed by atoms with E-state index in [-0.39, 0.29) is 5.91 Å². The number of hydrogen-bond acceptors (Lipinski definition) is 3. The number of para-hydroxylation sites is 1. The quantitative estimate of drug-likeness (QED) is 0.594. The molecular formula is C20H18N4O. The number of nitrogens with zero attached hydrogens (tertiary/aromatic N) is 2. The molecule has 2 N–H and O–H groups in total. The van der Waals surface area contributed by atoms with Gasteiger partial charge in [-0.1, -0.05) is 24.3 Å². The summed E-state index contributed by atoms with van der Waals surface area (Å²) < 4.78 is 0. The van der Waals surface area contributed by atoms with Gasteiger partial charge in [-0.25, -0.2) is 4.98 Å². The minimum Gasteiger partial charge on any atom is -0.353 e. The van der Waals surface area contributed by atoms with Crippen molar-refractivity contribution >= 4 is 33.5 Å². The molecule has 0 spiro atoms. The fourth-order valence-corrected chi connectivity index (χ4v) is 2.98. The van der Waals surface area contributed by atoms with E-state index < -0.39 is 0 Å². The first-order valence-corrected chi connectivity index (χ1v) is 8.27. The van der Waals surface area contributed by atoms with Gasteiger partial charge < -0.3 is 10.3 Å². The predicted octanol–water partition coefficient (Wildman–Crippen LogP) is 3.99. The number of fused-ring (bicyclic) bond motifs is 3. The van der Waals surface area contributed by atoms with Crippen molar-refractivity contribution in [3.05, 3.63) is 66.1 Å². The molecule has 5 nitrogen and oxygen atoms in total. The fourth-order valence-electron chi connectivity index (χ4n) is 2.98. The average Bonchev–Trinajstić information content (AvgIpc) is 3.00. The van der Waals surface area contributed by atoms with Crippen LogP contribution in [0, 0.1) is 6.92 Å². The zero-order valence-corrected chi connectivity index (χ0v) is 13.9. The molecule has 1 aromatic carbocycles. The molecule has 4 aromatic rings. The van der Waals surface area contributed by atoms with E-state index in [4.69, 9.17) is 0 Å². The van der Waals surface area contributed by atoms with Gasteiger partial charge in [0, 0.05) is 34.6 Å². The van der Waals surface area contributed by atoms with Crippen LogP contribution in [0.25, 0.3) is 21.8 Å². The molecule has 3 aromatic heterocycles. The molecule has 0 radical (unpaired) electrons. The Hall–Kier alpha value is -3.21. The second-order valence-electron chi connectivity index (χ2n) is 6.11. The number of carbonyl (C=O) groups is 1. The van der Waals surface area contributed by atoms with Crippen molar-refractivity contribution in [2.24, 2.45) is 0 Å². The minimum absolute atomic E-state index is 0.0531. The lowest BCUT2D eigenvalue weighted by molar-refractivity contribution is -0.116. The summed E-state index contributed by atoms with van der Waals surface area (Å²) in [6.07, 6.45) is 4.48. The maximum absolute atomic E-state index is 12.2. The summed E-state index contributed by atoms with van der Waals surface area (Å²) in [6.45, 7) is 1.93. The van der Waals surface area contributed by atoms with E-state index in [0.29, 0.717) is 18.7 Å². The normalized spacial score (nSPS) is 11.1. The Morgan fingerprint density at radius 1 is 1.08 bits per heavy atom. The highest BCUT2D eigenvalue weighted by Crippen LogP contribution is 2.25. The third kappa shape index (κ3) is 3.08. The summed E-state index contributed by atoms with van der Waals surface area (Å²) in [7, 11) is 0. The summed E-state index contributed by atoms with van der Waals surface area (Å²) in [5, 5.41) is 5.17. The smallest absolute Gasteiger partial charge is 0.225 e. The van der Waals surface area contributed by atoms with E-state index in [1.165, 1.54) is 5.39 Å². The van der Waals surface area contributed by atoms with Crippen LogP contribution in [0.3, 0.4) is 0 Å². The number of aryl methyl sites for hydroxylation is 2. The number of rotatable bonds is 4. The zero-order chi connectivity index (χ0) is 17.2. The molecule has 0 atom stereocenters. The number of carbonyl (C=O) groups excluding carboxylic acids is 1. The van der Waals surface area contributed by atoms with E-state index in [1.54, 1.807) is 6.20 Å². The van der Waals surface area contributed by atoms with E-state index in [2.05, 4.69) is 38.5 Å². The van der Waals surface area contributed by atoms with Gasteiger partial charge in [0.25, 0.3) is 0 Å². The third-order valence-corrected chi connectivity index (χ3v) is 4.32. The standard InChI is InChI=1S/C20H18N4O/c1-13-5-4-10-21-20(13)24-19(25)9-8-14-11-16-15-6-2-3-7-17(15)23-18(16)12-22-14/h2-7,10-12,23H,8-9H2,1H3,(H,21,24,25). The van der Waals surface area contributed by atoms with Gasteiger partial charge in [-0.15, -0.1) is 0 Å². The van der Waals surface area contributed by atoms with Crippen LogP contribution in [0.5, 0.6) is 0 Å². The van der Waals surface area contributed by atoms with Crippen LogP contribution >= 0.6 is 0 Å². The lowest BCUT2D eigenvalue weighted by Crippen LogP contribution is -2.14. The van der Waals surface area contributed by atoms with Gasteiger partial charge in [0.05, 0.1) is 11.7 Å². The van der Waals surface area contributed by atoms with E-state index in [0.717, 1.165) is 27.7 Å². The zero-order valence-electron chi connectivity index (χ0n) is 13.9. The summed E-state index contributed by atoms with van der Waals surface area (Å²) in [5.74, 6) is 0.565. The number of amides is 1. The van der Waals surface area contributed by atoms with Crippen LogP contribution in [0.15, 0.2) is 54.9 Å². The molecule has 0 unspecified atom stereocenters. The molecule has 0 fully saturated rings. The Labute approximate surface area is 145 Å². The van der Waals surface area contributed by atoms with Gasteiger partial charge in [0.1, 0.15) is 5.82 Å². The maximum atomic E-state index is 12.2. The first kappa shape index (κ1) is 15.3. The van der Waals surface area contributed by atoms with Crippen molar-refractivity contribution in [2.45, 2.75) is 19.8 Å². The number of H-pyrrole nitrogens is 1. The molecule has 0 aliphatic carbocycles. The van der Waals surface area contributed by atoms with Crippen molar-refractivity contribution in [3.8, 4) is 0 Å². The highest BCUT2D eigenvalue weighted by atomic mass is 16.1. The maximum Gasteiger partial charge on any atom is 0.225 e. The Kier molecular flexibility index (Phi) is 3.90. The summed E-state index contributed by atoms with van der Waals surface area (Å²) >= 11 is 0. The Morgan fingerprint density at radius 2 is 1.96 bits per heavy atom. The summed E-state index contributed by atoms with van der Waals surface area (Å²) in [4.78, 5) is 24.2. The van der Waals surface area contributed by atoms with Crippen LogP contribution in [0.4, 0.5) is 5.82 Å². The number of aromatic amines is 1. The molecule has 0 bridgehead atoms. The third-order valence-electron chi connectivity index (χ3n) is 4.32. The molecule has 4 rings (SSSR count). The van der Waals surface area contributed by atoms with Crippen LogP contribution in [0.1, 0.15) is 17.7 Å². The van der Waals surface area contributed by atoms with Gasteiger partial charge >= 0.3 is 0 Å². The van der Waals surface area contributed by atoms with Gasteiger partial charge in [0.2, 0.25) is 5.91 Å². The first-order chi connectivity index (χ1) is 12.2. The number of aromatic nitrogens is 3. The van der Waals surface area contributed by atoms with Gasteiger partial charge in [-0.05, 0) is 37.1 Å². The fraction of sp³-hybridized carbons (Fsp3) is 0.150. The highest BCUT2D eigenvalue weighted by Gasteiger charge is 2.09. The number of anilines is 1. The van der Waals surface area contributed by atoms with Crippen molar-refractivity contribution in [1.82, 2.24) is 15.0 Å². The average molecular weight is 330 g/mol. The van der Waals surface area contributed by atoms with E-state index in [9.17, 15) is 4.79 Å². The SMILES string of the molecule is Cc1cccnc1NC(=O)CCc1cc2c(cn1)[nH]c1ccccc12. The van der Waals surface area contributed by atoms with Crippen LogP contribution in [-0.2, 0) is 11.2 Å². The molecule has 5 heteroatoms. The molecule has 0 saturated heterocycles. The number of benzene rings is 1. The van der Waals surface area contributed by atoms with Crippen molar-refractivity contribution in [2.75, 3.05) is 5.32 Å². The second-order valence-corrected chi connectivity index (χ2v) is 6.11. The summed E-state index contributed by atoms with van der Waals surface area (Å²) in [5.41, 5.74) is 3.97. The Morgan fingerprint density at radius 3 is 2.84 bits per heavy atom. The highest BCUT2D eigenvalue weighted by molar-refractivity contribution is 6.07. The molecule has 0 saturated carbocycles. The molecule has 0 aliphatic heterocycles. The molecule has 3 heterocycles. The van der Waals surface area contributed by atoms with Crippen molar-refractivity contribution in [3.63, 3.8) is 0 Å².